The summed E-state index contributed by atoms with van der Waals surface area (Å²) in [6, 6.07) is 22.8. The van der Waals surface area contributed by atoms with Crippen LogP contribution >= 0.6 is 11.6 Å². The van der Waals surface area contributed by atoms with E-state index in [1.165, 1.54) is 18.2 Å². The van der Waals surface area contributed by atoms with Crippen LogP contribution in [0.2, 0.25) is 5.02 Å². The summed E-state index contributed by atoms with van der Waals surface area (Å²) in [4.78, 5) is 37.0. The summed E-state index contributed by atoms with van der Waals surface area (Å²) in [5.74, 6) is -0.924. The first kappa shape index (κ1) is 23.0. The Bertz CT molecular complexity index is 1430. The van der Waals surface area contributed by atoms with Crippen LogP contribution in [0.1, 0.15) is 21.5 Å². The monoisotopic (exact) mass is 473 g/mol. The second-order valence-electron chi connectivity index (χ2n) is 7.41. The van der Waals surface area contributed by atoms with Gasteiger partial charge in [-0.15, -0.1) is 0 Å². The van der Waals surface area contributed by atoms with Crippen molar-refractivity contribution in [3.8, 4) is 5.75 Å². The molecule has 1 heterocycles. The second-order valence-corrected chi connectivity index (χ2v) is 7.82. The first-order chi connectivity index (χ1) is 16.5. The molecule has 0 saturated carbocycles. The molecule has 0 atom stereocenters. The number of hydrogen-bond donors (Lipinski definition) is 1. The van der Waals surface area contributed by atoms with Crippen LogP contribution in [0, 0.1) is 0 Å². The summed E-state index contributed by atoms with van der Waals surface area (Å²) in [5.41, 5.74) is 1.10. The molecule has 170 valence electrons. The van der Waals surface area contributed by atoms with Gasteiger partial charge in [0.05, 0.1) is 0 Å². The van der Waals surface area contributed by atoms with Crippen LogP contribution < -0.4 is 15.7 Å². The molecule has 7 heteroatoms. The Balaban J connectivity index is 1.42. The number of carbonyl (C=O) groups is 2. The summed E-state index contributed by atoms with van der Waals surface area (Å²) >= 11 is 6.07. The number of amides is 1. The average Bonchev–Trinajstić information content (AvgIpc) is 2.83. The fraction of sp³-hybridized carbons (Fsp3) is 0.0741. The topological polar surface area (TPSA) is 85.6 Å². The fourth-order valence-electron chi connectivity index (χ4n) is 3.29. The molecule has 6 nitrogen and oxygen atoms in total. The molecule has 0 radical (unpaired) electrons. The number of halogens is 1. The van der Waals surface area contributed by atoms with Crippen molar-refractivity contribution < 1.29 is 18.7 Å². The minimum Gasteiger partial charge on any atom is -0.423 e. The fourth-order valence-corrected chi connectivity index (χ4v) is 3.49. The van der Waals surface area contributed by atoms with Gasteiger partial charge in [0.25, 0.3) is 5.91 Å². The molecule has 0 fully saturated rings. The molecule has 34 heavy (non-hydrogen) atoms. The standard InChI is InChI=1S/C27H20ClNO5/c28-23-9-5-4-8-19(23)11-13-25(30)33-21-12-10-20-16-22(27(32)34-24(20)17-21)26(31)29-15-14-18-6-2-1-3-7-18/h1-13,16-17H,14-15H2,(H,29,31)/b13-11+. The lowest BCUT2D eigenvalue weighted by Gasteiger charge is -2.06. The molecule has 0 aliphatic heterocycles. The quantitative estimate of drug-likeness (QED) is 0.176. The summed E-state index contributed by atoms with van der Waals surface area (Å²) in [7, 11) is 0. The Morgan fingerprint density at radius 3 is 2.53 bits per heavy atom. The highest BCUT2D eigenvalue weighted by atomic mass is 35.5. The van der Waals surface area contributed by atoms with Crippen LogP contribution in [0.4, 0.5) is 0 Å². The van der Waals surface area contributed by atoms with E-state index in [1.807, 2.05) is 30.3 Å². The number of rotatable bonds is 7. The van der Waals surface area contributed by atoms with Gasteiger partial charge >= 0.3 is 11.6 Å². The Kier molecular flexibility index (Phi) is 7.20. The number of benzene rings is 3. The molecule has 4 aromatic rings. The molecule has 0 saturated heterocycles. The molecular weight excluding hydrogens is 454 g/mol. The minimum atomic E-state index is -0.771. The number of esters is 1. The van der Waals surface area contributed by atoms with Gasteiger partial charge in [-0.2, -0.15) is 0 Å². The predicted molar refractivity (Wildman–Crippen MR) is 131 cm³/mol. The van der Waals surface area contributed by atoms with E-state index in [0.717, 1.165) is 5.56 Å². The van der Waals surface area contributed by atoms with Gasteiger partial charge in [0.1, 0.15) is 16.9 Å². The third kappa shape index (κ3) is 5.79. The number of carbonyl (C=O) groups excluding carboxylic acids is 2. The van der Waals surface area contributed by atoms with Crippen LogP contribution in [0.15, 0.2) is 94.2 Å². The molecule has 0 bridgehead atoms. The van der Waals surface area contributed by atoms with Crippen LogP contribution in [0.25, 0.3) is 17.0 Å². The zero-order valence-corrected chi connectivity index (χ0v) is 18.7. The number of nitrogens with one attached hydrogen (secondary N) is 1. The van der Waals surface area contributed by atoms with Crippen molar-refractivity contribution >= 4 is 40.5 Å². The number of ether oxygens (including phenoxy) is 1. The van der Waals surface area contributed by atoms with Crippen molar-refractivity contribution in [2.24, 2.45) is 0 Å². The third-order valence-electron chi connectivity index (χ3n) is 5.02. The van der Waals surface area contributed by atoms with Gasteiger partial charge in [-0.05, 0) is 47.9 Å². The van der Waals surface area contributed by atoms with Gasteiger partial charge in [0.2, 0.25) is 0 Å². The van der Waals surface area contributed by atoms with E-state index in [-0.39, 0.29) is 16.9 Å². The molecule has 1 N–H and O–H groups in total. The van der Waals surface area contributed by atoms with Crippen molar-refractivity contribution in [3.05, 3.63) is 117 Å². The zero-order valence-electron chi connectivity index (χ0n) is 18.0. The van der Waals surface area contributed by atoms with Gasteiger partial charge in [-0.25, -0.2) is 9.59 Å². The first-order valence-corrected chi connectivity index (χ1v) is 10.9. The maximum Gasteiger partial charge on any atom is 0.349 e. The number of hydrogen-bond acceptors (Lipinski definition) is 5. The number of fused-ring (bicyclic) bond motifs is 1. The molecule has 1 aromatic heterocycles. The summed E-state index contributed by atoms with van der Waals surface area (Å²) in [6.45, 7) is 0.386. The Morgan fingerprint density at radius 2 is 1.74 bits per heavy atom. The smallest absolute Gasteiger partial charge is 0.349 e. The van der Waals surface area contributed by atoms with Gasteiger partial charge in [-0.3, -0.25) is 4.79 Å². The Hall–Kier alpha value is -4.16. The highest BCUT2D eigenvalue weighted by Gasteiger charge is 2.14. The zero-order chi connectivity index (χ0) is 23.9. The van der Waals surface area contributed by atoms with E-state index >= 15 is 0 Å². The lowest BCUT2D eigenvalue weighted by atomic mass is 10.1. The molecule has 0 spiro atoms. The second kappa shape index (κ2) is 10.6. The van der Waals surface area contributed by atoms with E-state index in [2.05, 4.69) is 5.32 Å². The first-order valence-electron chi connectivity index (χ1n) is 10.5. The predicted octanol–water partition coefficient (Wildman–Crippen LogP) is 5.04. The van der Waals surface area contributed by atoms with E-state index < -0.39 is 17.5 Å². The van der Waals surface area contributed by atoms with E-state index in [0.29, 0.717) is 28.9 Å². The normalized spacial score (nSPS) is 11.0. The maximum absolute atomic E-state index is 12.5. The molecule has 4 rings (SSSR count). The van der Waals surface area contributed by atoms with Crippen molar-refractivity contribution in [3.63, 3.8) is 0 Å². The van der Waals surface area contributed by atoms with E-state index in [1.54, 1.807) is 42.5 Å². The highest BCUT2D eigenvalue weighted by molar-refractivity contribution is 6.32. The van der Waals surface area contributed by atoms with Gasteiger partial charge < -0.3 is 14.5 Å². The molecular formula is C27H20ClNO5. The average molecular weight is 474 g/mol. The summed E-state index contributed by atoms with van der Waals surface area (Å²) in [5, 5.41) is 3.78. The van der Waals surface area contributed by atoms with E-state index in [9.17, 15) is 14.4 Å². The lowest BCUT2D eigenvalue weighted by molar-refractivity contribution is -0.128. The third-order valence-corrected chi connectivity index (χ3v) is 5.36. The van der Waals surface area contributed by atoms with Gasteiger partial charge in [-0.1, -0.05) is 60.1 Å². The Morgan fingerprint density at radius 1 is 0.971 bits per heavy atom. The summed E-state index contributed by atoms with van der Waals surface area (Å²) in [6.07, 6.45) is 3.45. The van der Waals surface area contributed by atoms with Crippen LogP contribution in [0.5, 0.6) is 5.75 Å². The van der Waals surface area contributed by atoms with Crippen LogP contribution in [-0.4, -0.2) is 18.4 Å². The Labute approximate surface area is 200 Å². The molecule has 0 unspecified atom stereocenters. The highest BCUT2D eigenvalue weighted by Crippen LogP contribution is 2.21. The van der Waals surface area contributed by atoms with Crippen LogP contribution in [-0.2, 0) is 11.2 Å². The molecule has 1 amide bonds. The maximum atomic E-state index is 12.5. The van der Waals surface area contributed by atoms with Crippen molar-refractivity contribution in [1.82, 2.24) is 5.32 Å². The van der Waals surface area contributed by atoms with Crippen molar-refractivity contribution in [2.75, 3.05) is 6.54 Å². The largest absolute Gasteiger partial charge is 0.423 e. The molecule has 0 aliphatic rings. The minimum absolute atomic E-state index is 0.0898. The van der Waals surface area contributed by atoms with Crippen molar-refractivity contribution in [2.45, 2.75) is 6.42 Å². The van der Waals surface area contributed by atoms with Crippen LogP contribution in [0.3, 0.4) is 0 Å². The molecule has 0 aliphatic carbocycles. The SMILES string of the molecule is O=C(/C=C/c1ccccc1Cl)Oc1ccc2cc(C(=O)NCCc3ccccc3)c(=O)oc2c1. The van der Waals surface area contributed by atoms with E-state index in [4.69, 9.17) is 20.8 Å². The van der Waals surface area contributed by atoms with Gasteiger partial charge in [0, 0.05) is 29.1 Å². The molecule has 3 aromatic carbocycles. The lowest BCUT2D eigenvalue weighted by Crippen LogP contribution is -2.29. The summed E-state index contributed by atoms with van der Waals surface area (Å²) < 4.78 is 10.6. The van der Waals surface area contributed by atoms with Crippen molar-refractivity contribution in [1.29, 1.82) is 0 Å². The van der Waals surface area contributed by atoms with Gasteiger partial charge in [0.15, 0.2) is 0 Å².